The minimum atomic E-state index is 0.0492. The number of oxazole rings is 1. The Bertz CT molecular complexity index is 1460. The average Bonchev–Trinajstić information content (AvgIpc) is 3.21. The molecule has 5 aromatic rings. The van der Waals surface area contributed by atoms with Crippen LogP contribution in [-0.2, 0) is 0 Å². The van der Waals surface area contributed by atoms with Crippen molar-refractivity contribution < 1.29 is 14.3 Å². The van der Waals surface area contributed by atoms with E-state index in [0.717, 1.165) is 16.3 Å². The third-order valence-corrected chi connectivity index (χ3v) is 5.40. The minimum Gasteiger partial charge on any atom is -0.504 e. The number of rotatable bonds is 4. The molecule has 0 amide bonds. The summed E-state index contributed by atoms with van der Waals surface area (Å²) in [6.45, 7) is 0. The molecule has 6 heteroatoms. The maximum Gasteiger partial charge on any atom is 0.227 e. The van der Waals surface area contributed by atoms with Crippen molar-refractivity contribution in [2.24, 2.45) is 4.99 Å². The molecule has 1 N–H and O–H groups in total. The number of aromatic nitrogens is 1. The van der Waals surface area contributed by atoms with Gasteiger partial charge in [-0.2, -0.15) is 0 Å². The zero-order chi connectivity index (χ0) is 21.4. The normalized spacial score (nSPS) is 11.5. The van der Waals surface area contributed by atoms with Gasteiger partial charge in [0.2, 0.25) is 5.89 Å². The number of phenols is 1. The van der Waals surface area contributed by atoms with Gasteiger partial charge in [-0.3, -0.25) is 4.99 Å². The van der Waals surface area contributed by atoms with Gasteiger partial charge in [-0.25, -0.2) is 4.98 Å². The Kier molecular flexibility index (Phi) is 4.81. The Morgan fingerprint density at radius 3 is 2.68 bits per heavy atom. The second kappa shape index (κ2) is 7.78. The van der Waals surface area contributed by atoms with Crippen LogP contribution in [0.1, 0.15) is 5.56 Å². The SMILES string of the molecule is COc1cccc(C=Nc2ccc3oc(-c4cccc5c(Cl)cccc45)nc3c2)c1O. The van der Waals surface area contributed by atoms with Crippen LogP contribution in [0.2, 0.25) is 5.02 Å². The molecule has 0 spiro atoms. The van der Waals surface area contributed by atoms with E-state index in [9.17, 15) is 5.11 Å². The Morgan fingerprint density at radius 2 is 1.81 bits per heavy atom. The number of para-hydroxylation sites is 1. The van der Waals surface area contributed by atoms with Gasteiger partial charge >= 0.3 is 0 Å². The van der Waals surface area contributed by atoms with Crippen LogP contribution in [0.3, 0.4) is 0 Å². The summed E-state index contributed by atoms with van der Waals surface area (Å²) in [5.74, 6) is 0.971. The maximum atomic E-state index is 10.2. The standard InChI is InChI=1S/C25H17ClN2O3/c1-30-23-10-2-5-15(24(23)29)14-27-16-11-12-22-21(13-16)28-25(31-22)19-8-3-7-18-17(19)6-4-9-20(18)26/h2-14,29H,1H3. The fourth-order valence-electron chi connectivity index (χ4n) is 3.52. The van der Waals surface area contributed by atoms with E-state index < -0.39 is 0 Å². The monoisotopic (exact) mass is 428 g/mol. The topological polar surface area (TPSA) is 67.9 Å². The molecule has 1 heterocycles. The number of halogens is 1. The lowest BCUT2D eigenvalue weighted by atomic mass is 10.0. The summed E-state index contributed by atoms with van der Waals surface area (Å²) in [6.07, 6.45) is 1.59. The van der Waals surface area contributed by atoms with Gasteiger partial charge < -0.3 is 14.3 Å². The lowest BCUT2D eigenvalue weighted by Crippen LogP contribution is -1.88. The van der Waals surface area contributed by atoms with Crippen molar-refractivity contribution in [2.75, 3.05) is 7.11 Å². The number of fused-ring (bicyclic) bond motifs is 2. The highest BCUT2D eigenvalue weighted by atomic mass is 35.5. The van der Waals surface area contributed by atoms with E-state index in [0.29, 0.717) is 39.0 Å². The summed E-state index contributed by atoms with van der Waals surface area (Å²) in [5, 5.41) is 12.8. The summed E-state index contributed by atoms with van der Waals surface area (Å²) in [5.41, 5.74) is 3.49. The Labute approximate surface area is 183 Å². The van der Waals surface area contributed by atoms with Crippen molar-refractivity contribution in [1.82, 2.24) is 4.98 Å². The first-order chi connectivity index (χ1) is 15.1. The molecule has 1 aromatic heterocycles. The van der Waals surface area contributed by atoms with Gasteiger partial charge in [0, 0.05) is 27.8 Å². The van der Waals surface area contributed by atoms with E-state index in [2.05, 4.69) is 9.98 Å². The Balaban J connectivity index is 1.53. The largest absolute Gasteiger partial charge is 0.504 e. The highest BCUT2D eigenvalue weighted by Gasteiger charge is 2.13. The second-order valence-electron chi connectivity index (χ2n) is 6.97. The number of phenolic OH excluding ortho intramolecular Hbond substituents is 1. The molecule has 4 aromatic carbocycles. The van der Waals surface area contributed by atoms with Crippen LogP contribution in [0.4, 0.5) is 5.69 Å². The second-order valence-corrected chi connectivity index (χ2v) is 7.38. The van der Waals surface area contributed by atoms with Gasteiger partial charge in [0.1, 0.15) is 5.52 Å². The number of nitrogens with zero attached hydrogens (tertiary/aromatic N) is 2. The predicted molar refractivity (Wildman–Crippen MR) is 124 cm³/mol. The van der Waals surface area contributed by atoms with Gasteiger partial charge in [0.15, 0.2) is 17.1 Å². The van der Waals surface area contributed by atoms with Gasteiger partial charge in [0.05, 0.1) is 12.8 Å². The Morgan fingerprint density at radius 1 is 1.00 bits per heavy atom. The number of hydrogen-bond donors (Lipinski definition) is 1. The molecule has 0 saturated carbocycles. The summed E-state index contributed by atoms with van der Waals surface area (Å²) >= 11 is 6.34. The third-order valence-electron chi connectivity index (χ3n) is 5.07. The van der Waals surface area contributed by atoms with Crippen molar-refractivity contribution in [3.63, 3.8) is 0 Å². The van der Waals surface area contributed by atoms with E-state index in [1.807, 2.05) is 54.6 Å². The zero-order valence-electron chi connectivity index (χ0n) is 16.5. The average molecular weight is 429 g/mol. The van der Waals surface area contributed by atoms with Crippen LogP contribution < -0.4 is 4.74 Å². The lowest BCUT2D eigenvalue weighted by molar-refractivity contribution is 0.373. The highest BCUT2D eigenvalue weighted by Crippen LogP contribution is 2.34. The van der Waals surface area contributed by atoms with Crippen LogP contribution >= 0.6 is 11.6 Å². The number of hydrogen-bond acceptors (Lipinski definition) is 5. The van der Waals surface area contributed by atoms with Crippen molar-refractivity contribution in [3.8, 4) is 23.0 Å². The van der Waals surface area contributed by atoms with E-state index in [4.69, 9.17) is 20.8 Å². The third kappa shape index (κ3) is 3.49. The number of methoxy groups -OCH3 is 1. The number of benzene rings is 4. The summed E-state index contributed by atoms with van der Waals surface area (Å²) < 4.78 is 11.1. The molecule has 0 fully saturated rings. The molecule has 31 heavy (non-hydrogen) atoms. The van der Waals surface area contributed by atoms with Gasteiger partial charge in [0.25, 0.3) is 0 Å². The molecule has 152 valence electrons. The minimum absolute atomic E-state index is 0.0492. The summed E-state index contributed by atoms with van der Waals surface area (Å²) in [4.78, 5) is 9.14. The highest BCUT2D eigenvalue weighted by molar-refractivity contribution is 6.35. The number of ether oxygens (including phenoxy) is 1. The molecule has 0 radical (unpaired) electrons. The fraction of sp³-hybridized carbons (Fsp3) is 0.0400. The predicted octanol–water partition coefficient (Wildman–Crippen LogP) is 6.77. The summed E-state index contributed by atoms with van der Waals surface area (Å²) in [7, 11) is 1.51. The van der Waals surface area contributed by atoms with E-state index >= 15 is 0 Å². The number of aromatic hydroxyl groups is 1. The molecule has 0 aliphatic heterocycles. The summed E-state index contributed by atoms with van der Waals surface area (Å²) in [6, 6.07) is 22.4. The van der Waals surface area contributed by atoms with E-state index in [1.54, 1.807) is 24.4 Å². The molecule has 0 saturated heterocycles. The molecule has 0 aliphatic rings. The first-order valence-electron chi connectivity index (χ1n) is 9.62. The van der Waals surface area contributed by atoms with Crippen molar-refractivity contribution in [3.05, 3.63) is 83.4 Å². The lowest BCUT2D eigenvalue weighted by Gasteiger charge is -2.04. The van der Waals surface area contributed by atoms with Crippen LogP contribution in [0, 0.1) is 0 Å². The van der Waals surface area contributed by atoms with Gasteiger partial charge in [-0.1, -0.05) is 41.9 Å². The quantitative estimate of drug-likeness (QED) is 0.321. The first kappa shape index (κ1) is 19.2. The van der Waals surface area contributed by atoms with E-state index in [1.165, 1.54) is 7.11 Å². The zero-order valence-corrected chi connectivity index (χ0v) is 17.3. The molecule has 5 nitrogen and oxygen atoms in total. The molecule has 0 atom stereocenters. The fourth-order valence-corrected chi connectivity index (χ4v) is 3.76. The van der Waals surface area contributed by atoms with Crippen LogP contribution in [0.15, 0.2) is 82.2 Å². The Hall–Kier alpha value is -3.83. The van der Waals surface area contributed by atoms with Crippen LogP contribution in [0.5, 0.6) is 11.5 Å². The smallest absolute Gasteiger partial charge is 0.227 e. The molecular weight excluding hydrogens is 412 g/mol. The first-order valence-corrected chi connectivity index (χ1v) is 10.00. The van der Waals surface area contributed by atoms with Crippen LogP contribution in [0.25, 0.3) is 33.3 Å². The van der Waals surface area contributed by atoms with Crippen LogP contribution in [-0.4, -0.2) is 23.4 Å². The molecule has 5 rings (SSSR count). The number of aliphatic imine (C=N–C) groups is 1. The molecule has 0 bridgehead atoms. The van der Waals surface area contributed by atoms with Crippen molar-refractivity contribution in [2.45, 2.75) is 0 Å². The van der Waals surface area contributed by atoms with Crippen molar-refractivity contribution in [1.29, 1.82) is 0 Å². The molecular formula is C25H17ClN2O3. The molecule has 0 aliphatic carbocycles. The van der Waals surface area contributed by atoms with Gasteiger partial charge in [-0.05, 0) is 47.9 Å². The van der Waals surface area contributed by atoms with Crippen molar-refractivity contribution >= 4 is 45.4 Å². The molecule has 0 unspecified atom stereocenters. The maximum absolute atomic E-state index is 10.2. The van der Waals surface area contributed by atoms with E-state index in [-0.39, 0.29) is 5.75 Å². The van der Waals surface area contributed by atoms with Gasteiger partial charge in [-0.15, -0.1) is 0 Å².